The lowest BCUT2D eigenvalue weighted by Crippen LogP contribution is -2.12. The van der Waals surface area contributed by atoms with E-state index in [0.29, 0.717) is 10.8 Å². The Labute approximate surface area is 137 Å². The summed E-state index contributed by atoms with van der Waals surface area (Å²) in [6, 6.07) is 11.8. The molecule has 0 aliphatic carbocycles. The van der Waals surface area contributed by atoms with Crippen molar-refractivity contribution in [3.63, 3.8) is 0 Å². The first-order valence-corrected chi connectivity index (χ1v) is 7.52. The fourth-order valence-corrected chi connectivity index (χ4v) is 2.00. The third kappa shape index (κ3) is 4.68. The van der Waals surface area contributed by atoms with Crippen molar-refractivity contribution >= 4 is 11.4 Å². The second-order valence-corrected chi connectivity index (χ2v) is 5.62. The van der Waals surface area contributed by atoms with Crippen molar-refractivity contribution in [1.82, 2.24) is 10.3 Å². The van der Waals surface area contributed by atoms with Crippen molar-refractivity contribution in [2.75, 3.05) is 5.12 Å². The molecular formula is C19H22FN3. The van der Waals surface area contributed by atoms with Crippen molar-refractivity contribution in [3.05, 3.63) is 77.4 Å². The Balaban J connectivity index is 2.02. The van der Waals surface area contributed by atoms with Gasteiger partial charge in [-0.25, -0.2) is 4.98 Å². The Kier molecular flexibility index (Phi) is 5.52. The minimum Gasteiger partial charge on any atom is -0.366 e. The van der Waals surface area contributed by atoms with Gasteiger partial charge in [-0.05, 0) is 50.5 Å². The maximum Gasteiger partial charge on any atom is 0.162 e. The van der Waals surface area contributed by atoms with E-state index in [0.717, 1.165) is 16.7 Å². The molecule has 1 aromatic heterocycles. The van der Waals surface area contributed by atoms with Gasteiger partial charge in [0.05, 0.1) is 5.70 Å². The van der Waals surface area contributed by atoms with E-state index in [2.05, 4.69) is 41.5 Å². The predicted octanol–water partition coefficient (Wildman–Crippen LogP) is 4.90. The van der Waals surface area contributed by atoms with Gasteiger partial charge in [-0.3, -0.25) is 0 Å². The number of hydrogen-bond donors (Lipinski definition) is 1. The van der Waals surface area contributed by atoms with Crippen LogP contribution in [0.4, 0.5) is 10.3 Å². The number of benzene rings is 1. The van der Waals surface area contributed by atoms with Crippen LogP contribution in [-0.4, -0.2) is 4.98 Å². The lowest BCUT2D eigenvalue weighted by atomic mass is 10.1. The molecule has 1 heterocycles. The number of nitrogens with one attached hydrogen (secondary N) is 1. The molecule has 0 atom stereocenters. The molecule has 23 heavy (non-hydrogen) atoms. The van der Waals surface area contributed by atoms with Crippen molar-refractivity contribution in [3.8, 4) is 0 Å². The largest absolute Gasteiger partial charge is 0.366 e. The molecule has 3 nitrogen and oxygen atoms in total. The Morgan fingerprint density at radius 3 is 2.26 bits per heavy atom. The summed E-state index contributed by atoms with van der Waals surface area (Å²) in [6.07, 6.45) is 5.11. The zero-order valence-corrected chi connectivity index (χ0v) is 14.0. The lowest BCUT2D eigenvalue weighted by Gasteiger charge is -2.13. The predicted molar refractivity (Wildman–Crippen MR) is 94.3 cm³/mol. The van der Waals surface area contributed by atoms with Crippen molar-refractivity contribution in [2.45, 2.75) is 27.7 Å². The second kappa shape index (κ2) is 7.58. The molecule has 2 rings (SSSR count). The van der Waals surface area contributed by atoms with Gasteiger partial charge in [0.25, 0.3) is 0 Å². The molecule has 0 amide bonds. The number of hydrogen-bond acceptors (Lipinski definition) is 3. The van der Waals surface area contributed by atoms with Crippen LogP contribution >= 0.6 is 0 Å². The maximum atomic E-state index is 14.2. The number of aryl methyl sites for hydroxylation is 2. The van der Waals surface area contributed by atoms with E-state index < -0.39 is 0 Å². The van der Waals surface area contributed by atoms with Crippen LogP contribution in [-0.2, 0) is 0 Å². The number of allylic oxidation sites excluding steroid dienone is 2. The Hall–Kier alpha value is -2.62. The second-order valence-electron chi connectivity index (χ2n) is 5.62. The summed E-state index contributed by atoms with van der Waals surface area (Å²) in [5.74, 6) is 0.269. The maximum absolute atomic E-state index is 14.2. The first-order valence-electron chi connectivity index (χ1n) is 7.52. The molecule has 0 spiro atoms. The van der Waals surface area contributed by atoms with Crippen LogP contribution in [0.2, 0.25) is 0 Å². The molecule has 0 radical (unpaired) electrons. The smallest absolute Gasteiger partial charge is 0.162 e. The van der Waals surface area contributed by atoms with Crippen molar-refractivity contribution in [2.24, 2.45) is 0 Å². The minimum atomic E-state index is 0.269. The van der Waals surface area contributed by atoms with E-state index in [1.54, 1.807) is 25.4 Å². The zero-order chi connectivity index (χ0) is 16.8. The van der Waals surface area contributed by atoms with Gasteiger partial charge in [0.15, 0.2) is 5.82 Å². The van der Waals surface area contributed by atoms with Crippen LogP contribution in [0.3, 0.4) is 0 Å². The number of halogens is 1. The highest BCUT2D eigenvalue weighted by molar-refractivity contribution is 5.63. The third-order valence-electron chi connectivity index (χ3n) is 3.51. The standard InChI is InChI=1S/C19H22FN3/c1-14-5-8-18(9-6-14)16(3)12-21-13-17(4)23(20)19-10-7-15(2)11-22-19/h5-13,21H,1-4H3/b16-12+,17-13+. The summed E-state index contributed by atoms with van der Waals surface area (Å²) in [7, 11) is 0. The highest BCUT2D eigenvalue weighted by Crippen LogP contribution is 2.17. The van der Waals surface area contributed by atoms with Gasteiger partial charge in [-0.15, -0.1) is 0 Å². The SMILES string of the molecule is C/C(=C\N/C=C(\C)N(F)c1ccc(C)cn1)c1ccc(C)cc1. The summed E-state index contributed by atoms with van der Waals surface area (Å²) < 4.78 is 14.2. The summed E-state index contributed by atoms with van der Waals surface area (Å²) in [6.45, 7) is 7.67. The Bertz CT molecular complexity index is 700. The molecular weight excluding hydrogens is 289 g/mol. The number of pyridine rings is 1. The van der Waals surface area contributed by atoms with Crippen LogP contribution in [0, 0.1) is 13.8 Å². The van der Waals surface area contributed by atoms with E-state index in [4.69, 9.17) is 0 Å². The number of aromatic nitrogens is 1. The summed E-state index contributed by atoms with van der Waals surface area (Å²) in [5.41, 5.74) is 4.86. The van der Waals surface area contributed by atoms with Gasteiger partial charge >= 0.3 is 0 Å². The van der Waals surface area contributed by atoms with E-state index in [1.165, 1.54) is 5.56 Å². The first-order chi connectivity index (χ1) is 11.0. The molecule has 0 fully saturated rings. The molecule has 0 aliphatic rings. The quantitative estimate of drug-likeness (QED) is 0.796. The summed E-state index contributed by atoms with van der Waals surface area (Å²) >= 11 is 0. The van der Waals surface area contributed by atoms with Gasteiger partial charge in [0.1, 0.15) is 0 Å². The molecule has 120 valence electrons. The lowest BCUT2D eigenvalue weighted by molar-refractivity contribution is 0.472. The minimum absolute atomic E-state index is 0.269. The van der Waals surface area contributed by atoms with E-state index >= 15 is 0 Å². The normalized spacial score (nSPS) is 12.2. The fraction of sp³-hybridized carbons (Fsp3) is 0.211. The molecule has 2 aromatic rings. The van der Waals surface area contributed by atoms with E-state index in [-0.39, 0.29) is 5.82 Å². The zero-order valence-electron chi connectivity index (χ0n) is 14.0. The van der Waals surface area contributed by atoms with Crippen LogP contribution in [0.1, 0.15) is 30.5 Å². The van der Waals surface area contributed by atoms with Crippen LogP contribution < -0.4 is 10.4 Å². The van der Waals surface area contributed by atoms with Crippen LogP contribution in [0.5, 0.6) is 0 Å². The molecule has 0 saturated heterocycles. The monoisotopic (exact) mass is 311 g/mol. The van der Waals surface area contributed by atoms with Gasteiger partial charge in [0.2, 0.25) is 0 Å². The van der Waals surface area contributed by atoms with Gasteiger partial charge in [0, 0.05) is 18.6 Å². The van der Waals surface area contributed by atoms with Gasteiger partial charge < -0.3 is 5.32 Å². The molecule has 0 unspecified atom stereocenters. The first kappa shape index (κ1) is 16.7. The average molecular weight is 311 g/mol. The van der Waals surface area contributed by atoms with Gasteiger partial charge in [-0.2, -0.15) is 5.12 Å². The molecule has 4 heteroatoms. The topological polar surface area (TPSA) is 28.2 Å². The van der Waals surface area contributed by atoms with E-state index in [9.17, 15) is 4.48 Å². The molecule has 0 saturated carbocycles. The summed E-state index contributed by atoms with van der Waals surface area (Å²) in [5, 5.41) is 3.58. The fourth-order valence-electron chi connectivity index (χ4n) is 2.00. The molecule has 0 bridgehead atoms. The van der Waals surface area contributed by atoms with Crippen LogP contribution in [0.25, 0.3) is 5.57 Å². The Morgan fingerprint density at radius 2 is 1.65 bits per heavy atom. The molecule has 0 aliphatic heterocycles. The average Bonchev–Trinajstić information content (AvgIpc) is 2.55. The van der Waals surface area contributed by atoms with Crippen molar-refractivity contribution < 1.29 is 4.48 Å². The van der Waals surface area contributed by atoms with Crippen LogP contribution in [0.15, 0.2) is 60.7 Å². The van der Waals surface area contributed by atoms with E-state index in [1.807, 2.05) is 26.1 Å². The van der Waals surface area contributed by atoms with Gasteiger partial charge in [-0.1, -0.05) is 40.4 Å². The highest BCUT2D eigenvalue weighted by atomic mass is 19.2. The highest BCUT2D eigenvalue weighted by Gasteiger charge is 2.07. The Morgan fingerprint density at radius 1 is 1.00 bits per heavy atom. The number of anilines is 1. The number of nitrogens with zero attached hydrogens (tertiary/aromatic N) is 2. The summed E-state index contributed by atoms with van der Waals surface area (Å²) in [4.78, 5) is 4.07. The molecule has 1 N–H and O–H groups in total. The third-order valence-corrected chi connectivity index (χ3v) is 3.51. The number of rotatable bonds is 5. The molecule has 1 aromatic carbocycles. The van der Waals surface area contributed by atoms with Crippen molar-refractivity contribution in [1.29, 1.82) is 0 Å².